The Labute approximate surface area is 150 Å². The average Bonchev–Trinajstić information content (AvgIpc) is 3.02. The second-order valence-electron chi connectivity index (χ2n) is 5.02. The molecule has 1 aliphatic rings. The molecule has 1 aromatic rings. The maximum absolute atomic E-state index is 8.95. The van der Waals surface area contributed by atoms with Crippen LogP contribution in [0.2, 0.25) is 5.02 Å². The third-order valence-corrected chi connectivity index (χ3v) is 4.72. The van der Waals surface area contributed by atoms with Crippen LogP contribution in [0.3, 0.4) is 0 Å². The number of terminal acetylenes is 2. The van der Waals surface area contributed by atoms with Crippen LogP contribution in [-0.4, -0.2) is 22.9 Å². The lowest BCUT2D eigenvalue weighted by atomic mass is 10.1. The van der Waals surface area contributed by atoms with Crippen LogP contribution in [0.5, 0.6) is 0 Å². The molecule has 2 atom stereocenters. The van der Waals surface area contributed by atoms with Gasteiger partial charge in [-0.25, -0.2) is 4.31 Å². The van der Waals surface area contributed by atoms with Crippen LogP contribution >= 0.6 is 24.4 Å². The zero-order valence-electron chi connectivity index (χ0n) is 13.5. The van der Waals surface area contributed by atoms with E-state index in [2.05, 4.69) is 61.1 Å². The lowest BCUT2D eigenvalue weighted by Gasteiger charge is -2.27. The summed E-state index contributed by atoms with van der Waals surface area (Å²) < 4.78 is 2.10. The summed E-state index contributed by atoms with van der Waals surface area (Å²) in [6.45, 7) is 5.13. The van der Waals surface area contributed by atoms with Crippen molar-refractivity contribution in [1.82, 2.24) is 4.31 Å². The molecule has 0 radical (unpaired) electrons. The second-order valence-corrected chi connectivity index (χ2v) is 5.91. The smallest absolute Gasteiger partial charge is 0.101 e. The van der Waals surface area contributed by atoms with Crippen LogP contribution in [0.4, 0.5) is 5.69 Å². The molecule has 23 heavy (non-hydrogen) atoms. The molecule has 0 spiro atoms. The Hall–Kier alpha value is -1.77. The van der Waals surface area contributed by atoms with Gasteiger partial charge in [-0.1, -0.05) is 24.4 Å². The first-order valence-electron chi connectivity index (χ1n) is 7.12. The van der Waals surface area contributed by atoms with Crippen molar-refractivity contribution < 1.29 is 0 Å². The Bertz CT molecular complexity index is 583. The summed E-state index contributed by atoms with van der Waals surface area (Å²) in [5, 5.41) is 13.0. The van der Waals surface area contributed by atoms with Crippen molar-refractivity contribution in [2.75, 3.05) is 11.9 Å². The number of hydrogen-bond donors (Lipinski definition) is 2. The van der Waals surface area contributed by atoms with Crippen molar-refractivity contribution in [2.45, 2.75) is 38.8 Å². The molecule has 1 aliphatic heterocycles. The van der Waals surface area contributed by atoms with Crippen molar-refractivity contribution >= 4 is 30.1 Å². The number of anilines is 1. The number of thiol groups is 1. The van der Waals surface area contributed by atoms with Gasteiger partial charge in [-0.2, -0.15) is 5.26 Å². The molecule has 2 rings (SSSR count). The molecular formula is C18H22ClN3S. The van der Waals surface area contributed by atoms with Gasteiger partial charge in [0.2, 0.25) is 0 Å². The number of benzene rings is 1. The SMILES string of the molecule is C#C.C#C.Cc1c(N[C@@H](C)C2CCCN2S)ccc(C#N)c1Cl. The summed E-state index contributed by atoms with van der Waals surface area (Å²) in [4.78, 5) is 0. The molecule has 1 fully saturated rings. The summed E-state index contributed by atoms with van der Waals surface area (Å²) in [7, 11) is 0. The lowest BCUT2D eigenvalue weighted by Crippen LogP contribution is -2.37. The topological polar surface area (TPSA) is 39.1 Å². The molecule has 1 unspecified atom stereocenters. The van der Waals surface area contributed by atoms with Gasteiger partial charge in [-0.05, 0) is 44.4 Å². The summed E-state index contributed by atoms with van der Waals surface area (Å²) in [6, 6.07) is 6.51. The van der Waals surface area contributed by atoms with Crippen molar-refractivity contribution in [2.24, 2.45) is 0 Å². The van der Waals surface area contributed by atoms with Crippen LogP contribution in [0, 0.1) is 43.9 Å². The highest BCUT2D eigenvalue weighted by atomic mass is 35.5. The largest absolute Gasteiger partial charge is 0.381 e. The van der Waals surface area contributed by atoms with Crippen LogP contribution < -0.4 is 5.32 Å². The number of hydrogen-bond acceptors (Lipinski definition) is 4. The van der Waals surface area contributed by atoms with E-state index in [1.54, 1.807) is 6.07 Å². The number of rotatable bonds is 3. The van der Waals surface area contributed by atoms with Crippen LogP contribution in [0.15, 0.2) is 12.1 Å². The van der Waals surface area contributed by atoms with Crippen molar-refractivity contribution in [3.05, 3.63) is 28.3 Å². The first-order valence-corrected chi connectivity index (χ1v) is 7.90. The predicted molar refractivity (Wildman–Crippen MR) is 102 cm³/mol. The normalized spacial score (nSPS) is 17.6. The van der Waals surface area contributed by atoms with E-state index in [-0.39, 0.29) is 0 Å². The van der Waals surface area contributed by atoms with Gasteiger partial charge in [0.1, 0.15) is 6.07 Å². The summed E-state index contributed by atoms with van der Waals surface area (Å²) in [5.41, 5.74) is 2.44. The zero-order chi connectivity index (χ0) is 18.0. The van der Waals surface area contributed by atoms with E-state index in [0.717, 1.165) is 24.2 Å². The maximum atomic E-state index is 8.95. The molecule has 0 bridgehead atoms. The Balaban J connectivity index is 0.00000112. The highest BCUT2D eigenvalue weighted by molar-refractivity contribution is 7.77. The first kappa shape index (κ1) is 21.2. The van der Waals surface area contributed by atoms with Crippen LogP contribution in [0.1, 0.15) is 30.9 Å². The van der Waals surface area contributed by atoms with E-state index in [1.807, 2.05) is 13.0 Å². The van der Waals surface area contributed by atoms with Crippen LogP contribution in [-0.2, 0) is 0 Å². The molecule has 1 N–H and O–H groups in total. The van der Waals surface area contributed by atoms with Gasteiger partial charge < -0.3 is 5.32 Å². The molecule has 0 aromatic heterocycles. The maximum Gasteiger partial charge on any atom is 0.101 e. The van der Waals surface area contributed by atoms with Crippen molar-refractivity contribution in [3.63, 3.8) is 0 Å². The van der Waals surface area contributed by atoms with Crippen molar-refractivity contribution in [3.8, 4) is 31.8 Å². The third kappa shape index (κ3) is 5.42. The van der Waals surface area contributed by atoms with Gasteiger partial charge in [0.25, 0.3) is 0 Å². The second kappa shape index (κ2) is 10.9. The highest BCUT2D eigenvalue weighted by Gasteiger charge is 2.27. The summed E-state index contributed by atoms with van der Waals surface area (Å²) in [5.74, 6) is 0. The molecule has 1 saturated heterocycles. The standard InChI is InChI=1S/C14H18ClN3S.2C2H2/c1-9-12(6-5-11(8-16)14(9)15)17-10(2)13-4-3-7-18(13)19;2*1-2/h5-6,10,13,17,19H,3-4,7H2,1-2H3;2*1-2H/t10-,13?;;/m0../s1. The molecule has 122 valence electrons. The minimum Gasteiger partial charge on any atom is -0.381 e. The van der Waals surface area contributed by atoms with E-state index < -0.39 is 0 Å². The Morgan fingerprint density at radius 3 is 2.48 bits per heavy atom. The summed E-state index contributed by atoms with van der Waals surface area (Å²) >= 11 is 10.7. The zero-order valence-corrected chi connectivity index (χ0v) is 15.1. The van der Waals surface area contributed by atoms with Gasteiger partial charge in [0.15, 0.2) is 0 Å². The van der Waals surface area contributed by atoms with Gasteiger partial charge in [-0.3, -0.25) is 0 Å². The molecule has 0 amide bonds. The lowest BCUT2D eigenvalue weighted by molar-refractivity contribution is 0.403. The van der Waals surface area contributed by atoms with Gasteiger partial charge in [-0.15, -0.1) is 25.7 Å². The van der Waals surface area contributed by atoms with E-state index in [0.29, 0.717) is 22.7 Å². The number of halogens is 1. The third-order valence-electron chi connectivity index (χ3n) is 3.74. The van der Waals surface area contributed by atoms with Gasteiger partial charge >= 0.3 is 0 Å². The molecule has 0 aliphatic carbocycles. The van der Waals surface area contributed by atoms with Crippen molar-refractivity contribution in [1.29, 1.82) is 5.26 Å². The fraction of sp³-hybridized carbons (Fsp3) is 0.389. The minimum absolute atomic E-state index is 0.294. The van der Waals surface area contributed by atoms with E-state index in [9.17, 15) is 0 Å². The molecule has 3 nitrogen and oxygen atoms in total. The van der Waals surface area contributed by atoms with E-state index in [4.69, 9.17) is 16.9 Å². The fourth-order valence-electron chi connectivity index (χ4n) is 2.55. The monoisotopic (exact) mass is 347 g/mol. The fourth-order valence-corrected chi connectivity index (χ4v) is 3.22. The summed E-state index contributed by atoms with van der Waals surface area (Å²) in [6.07, 6.45) is 18.3. The quantitative estimate of drug-likeness (QED) is 0.638. The van der Waals surface area contributed by atoms with Crippen LogP contribution in [0.25, 0.3) is 0 Å². The number of nitrogens with one attached hydrogen (secondary N) is 1. The van der Waals surface area contributed by atoms with Gasteiger partial charge in [0.05, 0.1) is 10.6 Å². The number of nitriles is 1. The molecule has 0 saturated carbocycles. The van der Waals surface area contributed by atoms with E-state index in [1.165, 1.54) is 6.42 Å². The molecular weight excluding hydrogens is 326 g/mol. The molecule has 1 heterocycles. The molecule has 1 aromatic carbocycles. The van der Waals surface area contributed by atoms with E-state index >= 15 is 0 Å². The van der Waals surface area contributed by atoms with Gasteiger partial charge in [0, 0.05) is 24.3 Å². The predicted octanol–water partition coefficient (Wildman–Crippen LogP) is 4.13. The Kier molecular flexibility index (Phi) is 10.0. The molecule has 5 heteroatoms. The average molecular weight is 348 g/mol. The number of nitrogens with zero attached hydrogens (tertiary/aromatic N) is 2. The first-order chi connectivity index (χ1) is 11.0. The Morgan fingerprint density at radius 1 is 1.39 bits per heavy atom. The minimum atomic E-state index is 0.294. The highest BCUT2D eigenvalue weighted by Crippen LogP contribution is 2.29. The Morgan fingerprint density at radius 2 is 2.00 bits per heavy atom.